The number of aliphatic hydroxyl groups excluding tert-OH is 2. The Hall–Kier alpha value is -0.0100. The summed E-state index contributed by atoms with van der Waals surface area (Å²) in [5.74, 6) is 0. The summed E-state index contributed by atoms with van der Waals surface area (Å²) < 4.78 is 28.0. The molecule has 2 N–H and O–H groups in total. The predicted octanol–water partition coefficient (Wildman–Crippen LogP) is -0.165. The molecule has 0 saturated carbocycles. The van der Waals surface area contributed by atoms with Gasteiger partial charge in [0.1, 0.15) is 13.2 Å². The van der Waals surface area contributed by atoms with E-state index in [0.29, 0.717) is 11.0 Å². The average molecular weight is 284 g/mol. The lowest BCUT2D eigenvalue weighted by Gasteiger charge is -2.36. The summed E-state index contributed by atoms with van der Waals surface area (Å²) in [6.45, 7) is 0.266. The van der Waals surface area contributed by atoms with Gasteiger partial charge in [-0.15, -0.1) is 0 Å². The highest BCUT2D eigenvalue weighted by Gasteiger charge is 2.43. The smallest absolute Gasteiger partial charge is 0.396 e. The van der Waals surface area contributed by atoms with Gasteiger partial charge in [-0.3, -0.25) is 13.6 Å². The van der Waals surface area contributed by atoms with Gasteiger partial charge < -0.3 is 14.7 Å². The second-order valence-corrected chi connectivity index (χ2v) is 7.33. The topological polar surface area (TPSA) is 85.2 Å². The van der Waals surface area contributed by atoms with Crippen molar-refractivity contribution in [1.29, 1.82) is 0 Å². The third kappa shape index (κ3) is 4.59. The van der Waals surface area contributed by atoms with E-state index < -0.39 is 13.2 Å². The molecule has 18 heavy (non-hydrogen) atoms. The van der Waals surface area contributed by atoms with Crippen molar-refractivity contribution in [2.45, 2.75) is 0 Å². The maximum Gasteiger partial charge on any atom is 0.475 e. The van der Waals surface area contributed by atoms with Gasteiger partial charge in [0.25, 0.3) is 0 Å². The van der Waals surface area contributed by atoms with Crippen molar-refractivity contribution in [3.8, 4) is 0 Å². The molecule has 0 bridgehead atoms. The van der Waals surface area contributed by atoms with Crippen molar-refractivity contribution >= 4 is 7.82 Å². The number of rotatable bonds is 6. The summed E-state index contributed by atoms with van der Waals surface area (Å²) in [6, 6.07) is 0. The van der Waals surface area contributed by atoms with E-state index in [1.54, 1.807) is 0 Å². The van der Waals surface area contributed by atoms with Crippen LogP contribution in [0.5, 0.6) is 0 Å². The lowest BCUT2D eigenvalue weighted by atomic mass is 9.93. The van der Waals surface area contributed by atoms with Crippen LogP contribution in [0.1, 0.15) is 0 Å². The lowest BCUT2D eigenvalue weighted by Crippen LogP contribution is -2.42. The second kappa shape index (κ2) is 5.96. The highest BCUT2D eigenvalue weighted by atomic mass is 31.2. The summed E-state index contributed by atoms with van der Waals surface area (Å²) in [4.78, 5) is 0. The average Bonchev–Trinajstić information content (AvgIpc) is 2.29. The van der Waals surface area contributed by atoms with Crippen LogP contribution in [0.4, 0.5) is 0 Å². The fraction of sp³-hybridized carbons (Fsp3) is 1.00. The summed E-state index contributed by atoms with van der Waals surface area (Å²) >= 11 is 0. The van der Waals surface area contributed by atoms with Gasteiger partial charge in [0.05, 0.1) is 53.0 Å². The largest absolute Gasteiger partial charge is 0.475 e. The Morgan fingerprint density at radius 2 is 1.72 bits per heavy atom. The first kappa shape index (κ1) is 16.0. The van der Waals surface area contributed by atoms with Crippen molar-refractivity contribution in [3.63, 3.8) is 0 Å². The number of hydrogen-bond acceptors (Lipinski definition) is 6. The molecule has 0 atom stereocenters. The van der Waals surface area contributed by atoms with E-state index in [1.807, 2.05) is 21.1 Å². The van der Waals surface area contributed by atoms with E-state index in [9.17, 15) is 4.57 Å². The Bertz CT molecular complexity index is 298. The molecule has 108 valence electrons. The van der Waals surface area contributed by atoms with Crippen molar-refractivity contribution in [2.24, 2.45) is 5.41 Å². The zero-order chi connectivity index (χ0) is 13.9. The molecule has 7 nitrogen and oxygen atoms in total. The molecular formula is C10H23NO6P+. The maximum atomic E-state index is 12.0. The molecule has 1 fully saturated rings. The molecule has 0 aromatic rings. The van der Waals surface area contributed by atoms with E-state index in [-0.39, 0.29) is 33.0 Å². The summed E-state index contributed by atoms with van der Waals surface area (Å²) in [5.41, 5.74) is -0.892. The molecule has 0 unspecified atom stereocenters. The molecule has 1 rings (SSSR count). The van der Waals surface area contributed by atoms with E-state index in [2.05, 4.69) is 0 Å². The van der Waals surface area contributed by atoms with Gasteiger partial charge >= 0.3 is 7.82 Å². The minimum absolute atomic E-state index is 0.0400. The first-order valence-corrected chi connectivity index (χ1v) is 7.26. The Labute approximate surface area is 107 Å². The van der Waals surface area contributed by atoms with Crippen molar-refractivity contribution in [2.75, 3.05) is 60.7 Å². The predicted molar refractivity (Wildman–Crippen MR) is 65.0 cm³/mol. The third-order valence-corrected chi connectivity index (χ3v) is 4.13. The van der Waals surface area contributed by atoms with Gasteiger partial charge in [0.2, 0.25) is 0 Å². The highest BCUT2D eigenvalue weighted by molar-refractivity contribution is 7.48. The van der Waals surface area contributed by atoms with Gasteiger partial charge in [-0.2, -0.15) is 0 Å². The Balaban J connectivity index is 2.43. The molecule has 0 aromatic heterocycles. The second-order valence-electron chi connectivity index (χ2n) is 5.66. The van der Waals surface area contributed by atoms with E-state index in [1.165, 1.54) is 0 Å². The van der Waals surface area contributed by atoms with Crippen LogP contribution in [0.2, 0.25) is 0 Å². The number of phosphoric acid groups is 1. The molecule has 1 aliphatic rings. The molecule has 1 saturated heterocycles. The first-order valence-electron chi connectivity index (χ1n) is 5.80. The van der Waals surface area contributed by atoms with Crippen LogP contribution in [-0.4, -0.2) is 75.4 Å². The van der Waals surface area contributed by atoms with Crippen LogP contribution in [0.25, 0.3) is 0 Å². The molecule has 0 amide bonds. The standard InChI is InChI=1S/C10H23NO6P/c1-11(2,3)4-5-15-18(14)16-8-10(6-12,7-13)9-17-18/h12-13H,4-9H2,1-3H3/q+1. The lowest BCUT2D eigenvalue weighted by molar-refractivity contribution is -0.870. The van der Waals surface area contributed by atoms with Crippen molar-refractivity contribution in [3.05, 3.63) is 0 Å². The Morgan fingerprint density at radius 3 is 2.11 bits per heavy atom. The molecule has 0 aliphatic carbocycles. The Morgan fingerprint density at radius 1 is 1.22 bits per heavy atom. The maximum absolute atomic E-state index is 12.0. The Kier molecular flexibility index (Phi) is 5.32. The van der Waals surface area contributed by atoms with Gasteiger partial charge in [-0.25, -0.2) is 4.57 Å². The van der Waals surface area contributed by atoms with Crippen LogP contribution in [0.3, 0.4) is 0 Å². The zero-order valence-electron chi connectivity index (χ0n) is 11.2. The SMILES string of the molecule is C[N+](C)(C)CCOP1(=O)OCC(CO)(CO)CO1. The monoisotopic (exact) mass is 284 g/mol. The minimum Gasteiger partial charge on any atom is -0.396 e. The molecule has 8 heteroatoms. The number of nitrogens with zero attached hydrogens (tertiary/aromatic N) is 1. The molecule has 0 spiro atoms. The number of phosphoric ester groups is 1. The minimum atomic E-state index is -3.54. The highest BCUT2D eigenvalue weighted by Crippen LogP contribution is 2.54. The van der Waals surface area contributed by atoms with Crippen molar-refractivity contribution < 1.29 is 32.8 Å². The van der Waals surface area contributed by atoms with Gasteiger partial charge in [0.15, 0.2) is 0 Å². The van der Waals surface area contributed by atoms with E-state index >= 15 is 0 Å². The molecule has 1 heterocycles. The van der Waals surface area contributed by atoms with Crippen LogP contribution >= 0.6 is 7.82 Å². The van der Waals surface area contributed by atoms with Gasteiger partial charge in [0, 0.05) is 0 Å². The van der Waals surface area contributed by atoms with Crippen LogP contribution in [0, 0.1) is 5.41 Å². The van der Waals surface area contributed by atoms with Crippen LogP contribution in [-0.2, 0) is 18.1 Å². The summed E-state index contributed by atoms with van der Waals surface area (Å²) in [5, 5.41) is 18.3. The molecule has 1 aliphatic heterocycles. The quantitative estimate of drug-likeness (QED) is 0.520. The molecule has 0 aromatic carbocycles. The summed E-state index contributed by atoms with van der Waals surface area (Å²) in [6.07, 6.45) is 0. The number of hydrogen-bond donors (Lipinski definition) is 2. The van der Waals surface area contributed by atoms with E-state index in [4.69, 9.17) is 23.8 Å². The van der Waals surface area contributed by atoms with Crippen molar-refractivity contribution in [1.82, 2.24) is 0 Å². The fourth-order valence-corrected chi connectivity index (χ4v) is 2.64. The fourth-order valence-electron chi connectivity index (χ4n) is 1.24. The van der Waals surface area contributed by atoms with Gasteiger partial charge in [-0.1, -0.05) is 0 Å². The first-order chi connectivity index (χ1) is 8.24. The van der Waals surface area contributed by atoms with E-state index in [0.717, 1.165) is 0 Å². The van der Waals surface area contributed by atoms with Gasteiger partial charge in [-0.05, 0) is 0 Å². The number of quaternary nitrogens is 1. The third-order valence-electron chi connectivity index (χ3n) is 2.74. The zero-order valence-corrected chi connectivity index (χ0v) is 12.1. The molecule has 0 radical (unpaired) electrons. The van der Waals surface area contributed by atoms with Crippen LogP contribution in [0.15, 0.2) is 0 Å². The van der Waals surface area contributed by atoms with Crippen LogP contribution < -0.4 is 0 Å². The summed E-state index contributed by atoms with van der Waals surface area (Å²) in [7, 11) is 2.43. The number of aliphatic hydroxyl groups is 2. The number of likely N-dealkylation sites (N-methyl/N-ethyl adjacent to an activating group) is 1. The molecular weight excluding hydrogens is 261 g/mol. The normalized spacial score (nSPS) is 22.9.